The summed E-state index contributed by atoms with van der Waals surface area (Å²) in [4.78, 5) is 15.9. The molecule has 0 radical (unpaired) electrons. The standard InChI is InChI=1S/C14H11BrN2O3/c15-10-5-9(6-12-13(10)20-8-19-12)7-17-14(18)11-3-1-2-4-16-11/h1-6H,7-8H2,(H,17,18). The van der Waals surface area contributed by atoms with Crippen molar-refractivity contribution in [1.82, 2.24) is 10.3 Å². The van der Waals surface area contributed by atoms with E-state index in [1.165, 1.54) is 0 Å². The quantitative estimate of drug-likeness (QED) is 0.936. The van der Waals surface area contributed by atoms with Crippen molar-refractivity contribution in [3.63, 3.8) is 0 Å². The second-order valence-electron chi connectivity index (χ2n) is 4.21. The Morgan fingerprint density at radius 3 is 3.05 bits per heavy atom. The highest BCUT2D eigenvalue weighted by Crippen LogP contribution is 2.39. The van der Waals surface area contributed by atoms with Gasteiger partial charge in [0.05, 0.1) is 4.47 Å². The number of aromatic nitrogens is 1. The lowest BCUT2D eigenvalue weighted by molar-refractivity contribution is 0.0946. The van der Waals surface area contributed by atoms with Gasteiger partial charge in [0.15, 0.2) is 11.5 Å². The lowest BCUT2D eigenvalue weighted by Crippen LogP contribution is -2.23. The van der Waals surface area contributed by atoms with E-state index in [1.807, 2.05) is 12.1 Å². The maximum atomic E-state index is 11.9. The fourth-order valence-electron chi connectivity index (χ4n) is 1.89. The minimum absolute atomic E-state index is 0.209. The molecule has 2 heterocycles. The van der Waals surface area contributed by atoms with Crippen LogP contribution in [0, 0.1) is 0 Å². The molecule has 0 bridgehead atoms. The highest BCUT2D eigenvalue weighted by Gasteiger charge is 2.18. The molecule has 6 heteroatoms. The normalized spacial score (nSPS) is 12.2. The van der Waals surface area contributed by atoms with Gasteiger partial charge < -0.3 is 14.8 Å². The molecule has 1 aromatic heterocycles. The van der Waals surface area contributed by atoms with Crippen LogP contribution >= 0.6 is 15.9 Å². The van der Waals surface area contributed by atoms with Crippen LogP contribution in [-0.4, -0.2) is 17.7 Å². The van der Waals surface area contributed by atoms with Crippen molar-refractivity contribution in [2.75, 3.05) is 6.79 Å². The number of halogens is 1. The fraction of sp³-hybridized carbons (Fsp3) is 0.143. The van der Waals surface area contributed by atoms with Crippen molar-refractivity contribution in [2.45, 2.75) is 6.54 Å². The van der Waals surface area contributed by atoms with Crippen LogP contribution in [0.15, 0.2) is 41.0 Å². The summed E-state index contributed by atoms with van der Waals surface area (Å²) in [7, 11) is 0. The first-order chi connectivity index (χ1) is 9.74. The molecule has 0 saturated heterocycles. The van der Waals surface area contributed by atoms with Gasteiger partial charge in [-0.25, -0.2) is 0 Å². The van der Waals surface area contributed by atoms with Gasteiger partial charge in [0.25, 0.3) is 5.91 Å². The van der Waals surface area contributed by atoms with Gasteiger partial charge in [-0.15, -0.1) is 0 Å². The Morgan fingerprint density at radius 2 is 2.25 bits per heavy atom. The minimum Gasteiger partial charge on any atom is -0.454 e. The monoisotopic (exact) mass is 334 g/mol. The molecule has 0 spiro atoms. The second-order valence-corrected chi connectivity index (χ2v) is 5.06. The molecular formula is C14H11BrN2O3. The number of rotatable bonds is 3. The number of nitrogens with one attached hydrogen (secondary N) is 1. The van der Waals surface area contributed by atoms with Gasteiger partial charge in [0.2, 0.25) is 6.79 Å². The van der Waals surface area contributed by atoms with Crippen molar-refractivity contribution in [1.29, 1.82) is 0 Å². The molecule has 1 aromatic carbocycles. The first-order valence-electron chi connectivity index (χ1n) is 6.01. The summed E-state index contributed by atoms with van der Waals surface area (Å²) in [5, 5.41) is 2.82. The molecule has 1 N–H and O–H groups in total. The summed E-state index contributed by atoms with van der Waals surface area (Å²) < 4.78 is 11.5. The van der Waals surface area contributed by atoms with E-state index >= 15 is 0 Å². The van der Waals surface area contributed by atoms with Gasteiger partial charge in [0.1, 0.15) is 5.69 Å². The summed E-state index contributed by atoms with van der Waals surface area (Å²) in [5.74, 6) is 1.17. The zero-order valence-electron chi connectivity index (χ0n) is 10.4. The zero-order valence-corrected chi connectivity index (χ0v) is 12.0. The highest BCUT2D eigenvalue weighted by molar-refractivity contribution is 9.10. The molecule has 0 unspecified atom stereocenters. The zero-order chi connectivity index (χ0) is 13.9. The van der Waals surface area contributed by atoms with Crippen LogP contribution in [0.25, 0.3) is 0 Å². The molecule has 0 atom stereocenters. The molecule has 1 aliphatic rings. The molecule has 0 saturated carbocycles. The largest absolute Gasteiger partial charge is 0.454 e. The first-order valence-corrected chi connectivity index (χ1v) is 6.80. The van der Waals surface area contributed by atoms with Crippen LogP contribution in [-0.2, 0) is 6.54 Å². The molecule has 1 amide bonds. The van der Waals surface area contributed by atoms with Crippen LogP contribution in [0.2, 0.25) is 0 Å². The van der Waals surface area contributed by atoms with Gasteiger partial charge in [-0.1, -0.05) is 6.07 Å². The van der Waals surface area contributed by atoms with Crippen molar-refractivity contribution in [3.8, 4) is 11.5 Å². The Bertz CT molecular complexity index is 646. The van der Waals surface area contributed by atoms with E-state index in [2.05, 4.69) is 26.2 Å². The number of carbonyl (C=O) groups excluding carboxylic acids is 1. The lowest BCUT2D eigenvalue weighted by Gasteiger charge is -2.07. The molecule has 20 heavy (non-hydrogen) atoms. The third-order valence-electron chi connectivity index (χ3n) is 2.84. The number of hydrogen-bond donors (Lipinski definition) is 1. The maximum Gasteiger partial charge on any atom is 0.270 e. The van der Waals surface area contributed by atoms with Crippen molar-refractivity contribution < 1.29 is 14.3 Å². The molecule has 102 valence electrons. The van der Waals surface area contributed by atoms with Crippen LogP contribution in [0.5, 0.6) is 11.5 Å². The predicted molar refractivity (Wildman–Crippen MR) is 75.7 cm³/mol. The summed E-state index contributed by atoms with van der Waals surface area (Å²) in [6.07, 6.45) is 1.59. The van der Waals surface area contributed by atoms with E-state index in [0.29, 0.717) is 23.7 Å². The number of hydrogen-bond acceptors (Lipinski definition) is 4. The molecule has 0 aliphatic carbocycles. The predicted octanol–water partition coefficient (Wildman–Crippen LogP) is 2.50. The summed E-state index contributed by atoms with van der Waals surface area (Å²) in [6, 6.07) is 8.97. The van der Waals surface area contributed by atoms with E-state index in [4.69, 9.17) is 9.47 Å². The minimum atomic E-state index is -0.209. The third kappa shape index (κ3) is 2.60. The van der Waals surface area contributed by atoms with Gasteiger partial charge >= 0.3 is 0 Å². The van der Waals surface area contributed by atoms with Crippen LogP contribution in [0.4, 0.5) is 0 Å². The molecule has 5 nitrogen and oxygen atoms in total. The number of nitrogens with zero attached hydrogens (tertiary/aromatic N) is 1. The van der Waals surface area contributed by atoms with Crippen LogP contribution < -0.4 is 14.8 Å². The third-order valence-corrected chi connectivity index (χ3v) is 3.43. The average Bonchev–Trinajstić information content (AvgIpc) is 2.94. The first kappa shape index (κ1) is 12.9. The van der Waals surface area contributed by atoms with Gasteiger partial charge in [-0.05, 0) is 45.8 Å². The summed E-state index contributed by atoms with van der Waals surface area (Å²) in [6.45, 7) is 0.613. The number of pyridine rings is 1. The van der Waals surface area contributed by atoms with E-state index in [1.54, 1.807) is 24.4 Å². The fourth-order valence-corrected chi connectivity index (χ4v) is 2.50. The Hall–Kier alpha value is -2.08. The van der Waals surface area contributed by atoms with Gasteiger partial charge in [-0.2, -0.15) is 0 Å². The summed E-state index contributed by atoms with van der Waals surface area (Å²) in [5.41, 5.74) is 1.32. The lowest BCUT2D eigenvalue weighted by atomic mass is 10.2. The molecule has 3 rings (SSSR count). The number of benzene rings is 1. The topological polar surface area (TPSA) is 60.5 Å². The second kappa shape index (κ2) is 5.50. The van der Waals surface area contributed by atoms with E-state index in [9.17, 15) is 4.79 Å². The van der Waals surface area contributed by atoms with Gasteiger partial charge in [0, 0.05) is 12.7 Å². The van der Waals surface area contributed by atoms with Crippen LogP contribution in [0.1, 0.15) is 16.1 Å². The molecule has 1 aliphatic heterocycles. The average molecular weight is 335 g/mol. The molecule has 2 aromatic rings. The van der Waals surface area contributed by atoms with E-state index < -0.39 is 0 Å². The van der Waals surface area contributed by atoms with Crippen molar-refractivity contribution >= 4 is 21.8 Å². The number of carbonyl (C=O) groups is 1. The maximum absolute atomic E-state index is 11.9. The summed E-state index contributed by atoms with van der Waals surface area (Å²) >= 11 is 3.42. The Labute approximate surface area is 124 Å². The van der Waals surface area contributed by atoms with E-state index in [-0.39, 0.29) is 12.7 Å². The molecule has 0 fully saturated rings. The Kier molecular flexibility index (Phi) is 3.56. The smallest absolute Gasteiger partial charge is 0.270 e. The van der Waals surface area contributed by atoms with Crippen molar-refractivity contribution in [2.24, 2.45) is 0 Å². The number of amides is 1. The number of fused-ring (bicyclic) bond motifs is 1. The van der Waals surface area contributed by atoms with Crippen molar-refractivity contribution in [3.05, 3.63) is 52.3 Å². The Morgan fingerprint density at radius 1 is 1.35 bits per heavy atom. The Balaban J connectivity index is 1.70. The highest BCUT2D eigenvalue weighted by atomic mass is 79.9. The van der Waals surface area contributed by atoms with Gasteiger partial charge in [-0.3, -0.25) is 9.78 Å². The van der Waals surface area contributed by atoms with E-state index in [0.717, 1.165) is 10.0 Å². The SMILES string of the molecule is O=C(NCc1cc(Br)c2c(c1)OCO2)c1ccccn1. The van der Waals surface area contributed by atoms with Crippen LogP contribution in [0.3, 0.4) is 0 Å². The number of ether oxygens (including phenoxy) is 2. The molecular weight excluding hydrogens is 324 g/mol.